The number of nitrogens with zero attached hydrogens (tertiary/aromatic N) is 1. The Morgan fingerprint density at radius 1 is 1.30 bits per heavy atom. The molecular weight excluding hydrogens is 276 g/mol. The van der Waals surface area contributed by atoms with Crippen LogP contribution in [0.2, 0.25) is 0 Å². The van der Waals surface area contributed by atoms with Gasteiger partial charge in [-0.1, -0.05) is 12.1 Å². The van der Waals surface area contributed by atoms with Crippen molar-refractivity contribution >= 4 is 23.5 Å². The zero-order chi connectivity index (χ0) is 14.4. The average Bonchev–Trinajstić information content (AvgIpc) is 2.93. The van der Waals surface area contributed by atoms with Crippen molar-refractivity contribution in [1.29, 1.82) is 0 Å². The molecule has 0 aliphatic rings. The van der Waals surface area contributed by atoms with Gasteiger partial charge in [-0.2, -0.15) is 5.10 Å². The van der Waals surface area contributed by atoms with Gasteiger partial charge in [-0.3, -0.25) is 4.79 Å². The van der Waals surface area contributed by atoms with Gasteiger partial charge in [0.1, 0.15) is 0 Å². The predicted molar refractivity (Wildman–Crippen MR) is 78.1 cm³/mol. The molecule has 0 bridgehead atoms. The fourth-order valence-electron chi connectivity index (χ4n) is 1.57. The van der Waals surface area contributed by atoms with Crippen molar-refractivity contribution in [3.8, 4) is 11.5 Å². The zero-order valence-corrected chi connectivity index (χ0v) is 11.4. The van der Waals surface area contributed by atoms with Gasteiger partial charge in [0.05, 0.1) is 6.21 Å². The van der Waals surface area contributed by atoms with Crippen LogP contribution in [0.15, 0.2) is 40.8 Å². The molecule has 0 atom stereocenters. The first-order valence-electron chi connectivity index (χ1n) is 6.01. The molecule has 3 N–H and O–H groups in total. The fourth-order valence-corrected chi connectivity index (χ4v) is 2.16. The van der Waals surface area contributed by atoms with E-state index >= 15 is 0 Å². The van der Waals surface area contributed by atoms with Crippen molar-refractivity contribution in [3.05, 3.63) is 46.2 Å². The fraction of sp³-hybridized carbons (Fsp3) is 0.143. The van der Waals surface area contributed by atoms with Gasteiger partial charge in [0, 0.05) is 11.3 Å². The van der Waals surface area contributed by atoms with E-state index in [1.54, 1.807) is 12.3 Å². The lowest BCUT2D eigenvalue weighted by atomic mass is 10.1. The van der Waals surface area contributed by atoms with E-state index in [0.29, 0.717) is 6.42 Å². The Morgan fingerprint density at radius 2 is 2.15 bits per heavy atom. The number of phenolic OH excluding ortho intramolecular Hbond substituents is 2. The van der Waals surface area contributed by atoms with Crippen LogP contribution in [-0.4, -0.2) is 22.3 Å². The Morgan fingerprint density at radius 3 is 2.85 bits per heavy atom. The predicted octanol–water partition coefficient (Wildman–Crippen LogP) is 2.24. The van der Waals surface area contributed by atoms with E-state index < -0.39 is 0 Å². The first-order chi connectivity index (χ1) is 9.65. The quantitative estimate of drug-likeness (QED) is 0.449. The van der Waals surface area contributed by atoms with Crippen LogP contribution < -0.4 is 5.43 Å². The minimum absolute atomic E-state index is 0.168. The van der Waals surface area contributed by atoms with E-state index in [1.807, 2.05) is 17.5 Å². The normalized spacial score (nSPS) is 10.8. The summed E-state index contributed by atoms with van der Waals surface area (Å²) in [6, 6.07) is 8.32. The monoisotopic (exact) mass is 290 g/mol. The molecule has 1 aromatic carbocycles. The number of benzene rings is 1. The number of nitrogens with one attached hydrogen (secondary N) is 1. The molecule has 0 unspecified atom stereocenters. The van der Waals surface area contributed by atoms with Crippen LogP contribution in [0.3, 0.4) is 0 Å². The summed E-state index contributed by atoms with van der Waals surface area (Å²) in [5.74, 6) is -0.553. The van der Waals surface area contributed by atoms with Crippen LogP contribution in [-0.2, 0) is 11.2 Å². The Labute approximate surface area is 120 Å². The highest BCUT2D eigenvalue weighted by Gasteiger charge is 2.04. The minimum Gasteiger partial charge on any atom is -0.504 e. The van der Waals surface area contributed by atoms with Crippen LogP contribution in [0.4, 0.5) is 0 Å². The van der Waals surface area contributed by atoms with Gasteiger partial charge in [-0.15, -0.1) is 11.3 Å². The van der Waals surface area contributed by atoms with E-state index in [2.05, 4.69) is 10.5 Å². The van der Waals surface area contributed by atoms with Crippen LogP contribution in [0.5, 0.6) is 11.5 Å². The number of carbonyl (C=O) groups excluding carboxylic acids is 1. The smallest absolute Gasteiger partial charge is 0.240 e. The lowest BCUT2D eigenvalue weighted by Gasteiger charge is -2.03. The third-order valence-electron chi connectivity index (χ3n) is 2.60. The Bertz CT molecular complexity index is 609. The molecule has 6 heteroatoms. The number of phenols is 2. The molecule has 0 aliphatic heterocycles. The number of hydrogen-bond acceptors (Lipinski definition) is 5. The SMILES string of the molecule is O=C(CCc1ccc(O)c(O)c1)N/N=C\c1cccs1. The van der Waals surface area contributed by atoms with Crippen LogP contribution in [0.1, 0.15) is 16.9 Å². The largest absolute Gasteiger partial charge is 0.504 e. The summed E-state index contributed by atoms with van der Waals surface area (Å²) < 4.78 is 0. The molecule has 0 radical (unpaired) electrons. The van der Waals surface area contributed by atoms with Crippen molar-refractivity contribution < 1.29 is 15.0 Å². The van der Waals surface area contributed by atoms with Crippen molar-refractivity contribution in [2.24, 2.45) is 5.10 Å². The Kier molecular flexibility index (Phi) is 4.73. The minimum atomic E-state index is -0.203. The molecule has 1 heterocycles. The molecule has 20 heavy (non-hydrogen) atoms. The van der Waals surface area contributed by atoms with E-state index in [9.17, 15) is 15.0 Å². The third kappa shape index (κ3) is 4.10. The van der Waals surface area contributed by atoms with Crippen LogP contribution in [0, 0.1) is 0 Å². The summed E-state index contributed by atoms with van der Waals surface area (Å²) in [6.07, 6.45) is 2.31. The van der Waals surface area contributed by atoms with Gasteiger partial charge in [0.15, 0.2) is 11.5 Å². The van der Waals surface area contributed by atoms with E-state index in [0.717, 1.165) is 10.4 Å². The molecule has 2 rings (SSSR count). The summed E-state index contributed by atoms with van der Waals surface area (Å²) in [7, 11) is 0. The van der Waals surface area contributed by atoms with Crippen molar-refractivity contribution in [3.63, 3.8) is 0 Å². The maximum atomic E-state index is 11.6. The molecule has 5 nitrogen and oxygen atoms in total. The number of aromatic hydroxyl groups is 2. The van der Waals surface area contributed by atoms with Gasteiger partial charge in [-0.05, 0) is 35.6 Å². The van der Waals surface area contributed by atoms with Crippen LogP contribution in [0.25, 0.3) is 0 Å². The summed E-state index contributed by atoms with van der Waals surface area (Å²) in [4.78, 5) is 12.5. The number of carbonyl (C=O) groups is 1. The molecule has 2 aromatic rings. The Hall–Kier alpha value is -2.34. The second-order valence-electron chi connectivity index (χ2n) is 4.13. The van der Waals surface area contributed by atoms with E-state index in [4.69, 9.17) is 0 Å². The number of hydrazone groups is 1. The van der Waals surface area contributed by atoms with E-state index in [-0.39, 0.29) is 23.8 Å². The highest BCUT2D eigenvalue weighted by Crippen LogP contribution is 2.25. The van der Waals surface area contributed by atoms with Gasteiger partial charge >= 0.3 is 0 Å². The molecule has 0 saturated carbocycles. The molecule has 0 aliphatic carbocycles. The highest BCUT2D eigenvalue weighted by molar-refractivity contribution is 7.11. The van der Waals surface area contributed by atoms with Gasteiger partial charge < -0.3 is 10.2 Å². The van der Waals surface area contributed by atoms with E-state index in [1.165, 1.54) is 23.5 Å². The lowest BCUT2D eigenvalue weighted by Crippen LogP contribution is -2.17. The van der Waals surface area contributed by atoms with Crippen LogP contribution >= 0.6 is 11.3 Å². The van der Waals surface area contributed by atoms with Gasteiger partial charge in [-0.25, -0.2) is 5.43 Å². The third-order valence-corrected chi connectivity index (χ3v) is 3.41. The van der Waals surface area contributed by atoms with Crippen molar-refractivity contribution in [2.45, 2.75) is 12.8 Å². The first kappa shape index (κ1) is 14.1. The van der Waals surface area contributed by atoms with Crippen molar-refractivity contribution in [2.75, 3.05) is 0 Å². The number of aryl methyl sites for hydroxylation is 1. The highest BCUT2D eigenvalue weighted by atomic mass is 32.1. The Balaban J connectivity index is 1.78. The maximum Gasteiger partial charge on any atom is 0.240 e. The number of rotatable bonds is 5. The molecule has 1 amide bonds. The summed E-state index contributed by atoms with van der Waals surface area (Å²) in [6.45, 7) is 0. The number of amides is 1. The molecule has 1 aromatic heterocycles. The zero-order valence-electron chi connectivity index (χ0n) is 10.6. The molecule has 0 fully saturated rings. The summed E-state index contributed by atoms with van der Waals surface area (Å²) >= 11 is 1.54. The van der Waals surface area contributed by atoms with Gasteiger partial charge in [0.25, 0.3) is 0 Å². The number of hydrogen-bond donors (Lipinski definition) is 3. The molecule has 0 saturated heterocycles. The van der Waals surface area contributed by atoms with Gasteiger partial charge in [0.2, 0.25) is 5.91 Å². The average molecular weight is 290 g/mol. The summed E-state index contributed by atoms with van der Waals surface area (Å²) in [5.41, 5.74) is 3.22. The standard InChI is InChI=1S/C14H14N2O3S/c17-12-5-3-10(8-13(12)18)4-6-14(19)16-15-9-11-2-1-7-20-11/h1-3,5,7-9,17-18H,4,6H2,(H,16,19)/b15-9-. The second-order valence-corrected chi connectivity index (χ2v) is 5.11. The number of thiophene rings is 1. The molecule has 0 spiro atoms. The van der Waals surface area contributed by atoms with Crippen molar-refractivity contribution in [1.82, 2.24) is 5.43 Å². The first-order valence-corrected chi connectivity index (χ1v) is 6.89. The topological polar surface area (TPSA) is 81.9 Å². The lowest BCUT2D eigenvalue weighted by molar-refractivity contribution is -0.121. The molecular formula is C14H14N2O3S. The maximum absolute atomic E-state index is 11.6. The molecule has 104 valence electrons. The second kappa shape index (κ2) is 6.72. The summed E-state index contributed by atoms with van der Waals surface area (Å²) in [5, 5.41) is 24.3.